The molecule has 2 unspecified atom stereocenters. The van der Waals surface area contributed by atoms with Crippen LogP contribution in [0.15, 0.2) is 41.7 Å². The summed E-state index contributed by atoms with van der Waals surface area (Å²) < 4.78 is 2.05. The van der Waals surface area contributed by atoms with Crippen molar-refractivity contribution in [3.8, 4) is 0 Å². The molecule has 134 valence electrons. The van der Waals surface area contributed by atoms with E-state index in [4.69, 9.17) is 0 Å². The zero-order valence-electron chi connectivity index (χ0n) is 15.4. The SMILES string of the molecule is CCn1cnnc1CNC(=NC)N1CCC(c2ccccc2)C(C)C1. The monoisotopic (exact) mass is 340 g/mol. The van der Waals surface area contributed by atoms with Crippen molar-refractivity contribution in [2.45, 2.75) is 39.3 Å². The number of nitrogens with one attached hydrogen (secondary N) is 1. The average Bonchev–Trinajstić information content (AvgIpc) is 3.10. The number of hydrogen-bond donors (Lipinski definition) is 1. The lowest BCUT2D eigenvalue weighted by atomic mass is 9.82. The molecule has 0 spiro atoms. The first-order valence-electron chi connectivity index (χ1n) is 9.10. The Morgan fingerprint density at radius 1 is 1.32 bits per heavy atom. The third kappa shape index (κ3) is 4.00. The maximum absolute atomic E-state index is 4.47. The predicted molar refractivity (Wildman–Crippen MR) is 100 cm³/mol. The smallest absolute Gasteiger partial charge is 0.194 e. The third-order valence-corrected chi connectivity index (χ3v) is 5.09. The molecule has 3 rings (SSSR count). The summed E-state index contributed by atoms with van der Waals surface area (Å²) in [5, 5.41) is 11.6. The molecule has 2 aromatic rings. The Hall–Kier alpha value is -2.37. The van der Waals surface area contributed by atoms with Gasteiger partial charge in [-0.15, -0.1) is 10.2 Å². The van der Waals surface area contributed by atoms with E-state index in [9.17, 15) is 0 Å². The average molecular weight is 340 g/mol. The van der Waals surface area contributed by atoms with Crippen molar-refractivity contribution in [1.82, 2.24) is 25.0 Å². The molecule has 25 heavy (non-hydrogen) atoms. The molecule has 1 saturated heterocycles. The summed E-state index contributed by atoms with van der Waals surface area (Å²) >= 11 is 0. The van der Waals surface area contributed by atoms with Crippen LogP contribution in [-0.2, 0) is 13.1 Å². The number of guanidine groups is 1. The van der Waals surface area contributed by atoms with Crippen LogP contribution < -0.4 is 5.32 Å². The Labute approximate surface area is 150 Å². The fraction of sp³-hybridized carbons (Fsp3) is 0.526. The first kappa shape index (κ1) is 17.5. The molecule has 2 heterocycles. The van der Waals surface area contributed by atoms with Crippen LogP contribution in [-0.4, -0.2) is 45.8 Å². The van der Waals surface area contributed by atoms with Crippen molar-refractivity contribution in [3.05, 3.63) is 48.0 Å². The molecular formula is C19H28N6. The molecule has 6 nitrogen and oxygen atoms in total. The number of aromatic nitrogens is 3. The summed E-state index contributed by atoms with van der Waals surface area (Å²) in [7, 11) is 1.85. The minimum absolute atomic E-state index is 0.592. The maximum Gasteiger partial charge on any atom is 0.194 e. The van der Waals surface area contributed by atoms with Gasteiger partial charge in [-0.25, -0.2) is 0 Å². The van der Waals surface area contributed by atoms with Crippen LogP contribution in [0.3, 0.4) is 0 Å². The van der Waals surface area contributed by atoms with E-state index in [2.05, 4.69) is 69.6 Å². The normalized spacial score (nSPS) is 21.4. The van der Waals surface area contributed by atoms with Crippen molar-refractivity contribution in [3.63, 3.8) is 0 Å². The molecule has 0 saturated carbocycles. The van der Waals surface area contributed by atoms with Gasteiger partial charge in [-0.3, -0.25) is 4.99 Å². The first-order valence-corrected chi connectivity index (χ1v) is 9.10. The van der Waals surface area contributed by atoms with Crippen LogP contribution in [0.1, 0.15) is 37.6 Å². The number of nitrogens with zero attached hydrogens (tertiary/aromatic N) is 5. The molecule has 1 N–H and O–H groups in total. The van der Waals surface area contributed by atoms with Gasteiger partial charge in [0.1, 0.15) is 6.33 Å². The molecule has 0 aliphatic carbocycles. The molecule has 1 aliphatic rings. The minimum Gasteiger partial charge on any atom is -0.349 e. The summed E-state index contributed by atoms with van der Waals surface area (Å²) in [6.45, 7) is 7.99. The van der Waals surface area contributed by atoms with Crippen LogP contribution in [0.25, 0.3) is 0 Å². The number of hydrogen-bond acceptors (Lipinski definition) is 3. The van der Waals surface area contributed by atoms with Gasteiger partial charge in [0.05, 0.1) is 6.54 Å². The van der Waals surface area contributed by atoms with Crippen molar-refractivity contribution >= 4 is 5.96 Å². The second kappa shape index (κ2) is 8.14. The van der Waals surface area contributed by atoms with Crippen molar-refractivity contribution < 1.29 is 0 Å². The van der Waals surface area contributed by atoms with Crippen LogP contribution in [0.5, 0.6) is 0 Å². The number of aliphatic imine (C=N–C) groups is 1. The molecule has 1 aromatic carbocycles. The Morgan fingerprint density at radius 2 is 2.12 bits per heavy atom. The fourth-order valence-electron chi connectivity index (χ4n) is 3.70. The van der Waals surface area contributed by atoms with Gasteiger partial charge in [0.25, 0.3) is 0 Å². The van der Waals surface area contributed by atoms with E-state index >= 15 is 0 Å². The summed E-state index contributed by atoms with van der Waals surface area (Å²) in [4.78, 5) is 6.83. The molecular weight excluding hydrogens is 312 g/mol. The third-order valence-electron chi connectivity index (χ3n) is 5.09. The lowest BCUT2D eigenvalue weighted by molar-refractivity contribution is 0.234. The van der Waals surface area contributed by atoms with Gasteiger partial charge in [-0.1, -0.05) is 37.3 Å². The Kier molecular flexibility index (Phi) is 5.68. The summed E-state index contributed by atoms with van der Waals surface area (Å²) in [6, 6.07) is 10.9. The highest BCUT2D eigenvalue weighted by Crippen LogP contribution is 2.32. The van der Waals surface area contributed by atoms with Crippen molar-refractivity contribution in [2.24, 2.45) is 10.9 Å². The van der Waals surface area contributed by atoms with E-state index in [0.717, 1.165) is 37.8 Å². The van der Waals surface area contributed by atoms with Crippen molar-refractivity contribution in [1.29, 1.82) is 0 Å². The van der Waals surface area contributed by atoms with Gasteiger partial charge >= 0.3 is 0 Å². The minimum atomic E-state index is 0.592. The second-order valence-electron chi connectivity index (χ2n) is 6.66. The van der Waals surface area contributed by atoms with E-state index in [1.165, 1.54) is 5.56 Å². The van der Waals surface area contributed by atoms with Gasteiger partial charge < -0.3 is 14.8 Å². The Balaban J connectivity index is 1.60. The number of aryl methyl sites for hydroxylation is 1. The van der Waals surface area contributed by atoms with Gasteiger partial charge in [0.15, 0.2) is 11.8 Å². The molecule has 1 fully saturated rings. The molecule has 0 radical (unpaired) electrons. The summed E-state index contributed by atoms with van der Waals surface area (Å²) in [5.41, 5.74) is 1.45. The Bertz CT molecular complexity index is 693. The molecule has 0 bridgehead atoms. The lowest BCUT2D eigenvalue weighted by Crippen LogP contribution is -2.47. The quantitative estimate of drug-likeness (QED) is 0.686. The fourth-order valence-corrected chi connectivity index (χ4v) is 3.70. The topological polar surface area (TPSA) is 58.3 Å². The number of likely N-dealkylation sites (tertiary alicyclic amines) is 1. The van der Waals surface area contributed by atoms with Crippen LogP contribution in [0.4, 0.5) is 0 Å². The molecule has 2 atom stereocenters. The van der Waals surface area contributed by atoms with E-state index in [0.29, 0.717) is 18.4 Å². The predicted octanol–water partition coefficient (Wildman–Crippen LogP) is 2.50. The van der Waals surface area contributed by atoms with Gasteiger partial charge in [-0.2, -0.15) is 0 Å². The van der Waals surface area contributed by atoms with Gasteiger partial charge in [0.2, 0.25) is 0 Å². The van der Waals surface area contributed by atoms with Crippen LogP contribution in [0.2, 0.25) is 0 Å². The first-order chi connectivity index (χ1) is 12.2. The highest BCUT2D eigenvalue weighted by Gasteiger charge is 2.28. The van der Waals surface area contributed by atoms with Gasteiger partial charge in [-0.05, 0) is 30.7 Å². The van der Waals surface area contributed by atoms with Crippen LogP contribution in [0, 0.1) is 5.92 Å². The van der Waals surface area contributed by atoms with Crippen molar-refractivity contribution in [2.75, 3.05) is 20.1 Å². The second-order valence-corrected chi connectivity index (χ2v) is 6.66. The van der Waals surface area contributed by atoms with Gasteiger partial charge in [0, 0.05) is 26.7 Å². The zero-order chi connectivity index (χ0) is 17.6. The number of benzene rings is 1. The molecule has 1 aromatic heterocycles. The zero-order valence-corrected chi connectivity index (χ0v) is 15.4. The molecule has 1 aliphatic heterocycles. The van der Waals surface area contributed by atoms with Crippen LogP contribution >= 0.6 is 0 Å². The number of piperidine rings is 1. The van der Waals surface area contributed by atoms with E-state index in [1.807, 2.05) is 11.6 Å². The van der Waals surface area contributed by atoms with E-state index in [-0.39, 0.29) is 0 Å². The Morgan fingerprint density at radius 3 is 2.80 bits per heavy atom. The van der Waals surface area contributed by atoms with E-state index in [1.54, 1.807) is 6.33 Å². The summed E-state index contributed by atoms with van der Waals surface area (Å²) in [5.74, 6) is 3.10. The van der Waals surface area contributed by atoms with E-state index < -0.39 is 0 Å². The summed E-state index contributed by atoms with van der Waals surface area (Å²) in [6.07, 6.45) is 2.92. The lowest BCUT2D eigenvalue weighted by Gasteiger charge is -2.38. The highest BCUT2D eigenvalue weighted by molar-refractivity contribution is 5.79. The largest absolute Gasteiger partial charge is 0.349 e. The molecule has 0 amide bonds. The highest BCUT2D eigenvalue weighted by atomic mass is 15.3. The number of rotatable bonds is 4. The maximum atomic E-state index is 4.47. The standard InChI is InChI=1S/C19H28N6/c1-4-24-14-22-23-18(24)12-21-19(20-3)25-11-10-17(15(2)13-25)16-8-6-5-7-9-16/h5-9,14-15,17H,4,10-13H2,1-3H3,(H,20,21). The molecule has 6 heteroatoms.